The van der Waals surface area contributed by atoms with Crippen LogP contribution in [0.25, 0.3) is 0 Å². The fourth-order valence-corrected chi connectivity index (χ4v) is 3.11. The lowest BCUT2D eigenvalue weighted by Crippen LogP contribution is -2.53. The zero-order chi connectivity index (χ0) is 16.3. The maximum absolute atomic E-state index is 12.7. The fraction of sp³-hybridized carbons (Fsp3) is 0.529. The molecule has 2 N–H and O–H groups in total. The molecule has 2 rings (SSSR count). The van der Waals surface area contributed by atoms with Crippen LogP contribution in [-0.2, 0) is 4.79 Å². The molecule has 0 bridgehead atoms. The third-order valence-electron chi connectivity index (χ3n) is 4.01. The highest BCUT2D eigenvalue weighted by molar-refractivity contribution is 5.94. The van der Waals surface area contributed by atoms with E-state index in [9.17, 15) is 9.90 Å². The van der Waals surface area contributed by atoms with E-state index in [1.807, 2.05) is 31.7 Å². The van der Waals surface area contributed by atoms with Gasteiger partial charge in [0, 0.05) is 24.3 Å². The predicted octanol–water partition coefficient (Wildman–Crippen LogP) is 1.50. The molecule has 0 saturated carbocycles. The second-order valence-electron chi connectivity index (χ2n) is 6.59. The Kier molecular flexibility index (Phi) is 4.84. The zero-order valence-electron chi connectivity index (χ0n) is 13.3. The summed E-state index contributed by atoms with van der Waals surface area (Å²) in [5.41, 5.74) is -0.271. The van der Waals surface area contributed by atoms with E-state index in [1.54, 1.807) is 18.3 Å². The van der Waals surface area contributed by atoms with Crippen LogP contribution in [0.3, 0.4) is 0 Å². The van der Waals surface area contributed by atoms with E-state index in [1.165, 1.54) is 0 Å². The SMILES string of the molecule is C#C[C@H]1[C@H](CO)C[C@H](C(=O)Nc2ccccn2)N1C(C)(C)C. The summed E-state index contributed by atoms with van der Waals surface area (Å²) < 4.78 is 0. The molecule has 5 nitrogen and oxygen atoms in total. The number of nitrogens with zero attached hydrogens (tertiary/aromatic N) is 2. The number of aliphatic hydroxyl groups excluding tert-OH is 1. The highest BCUT2D eigenvalue weighted by atomic mass is 16.3. The van der Waals surface area contributed by atoms with Crippen molar-refractivity contribution in [3.8, 4) is 12.3 Å². The minimum atomic E-state index is -0.375. The number of aromatic nitrogens is 1. The third kappa shape index (κ3) is 3.29. The Labute approximate surface area is 131 Å². The van der Waals surface area contributed by atoms with E-state index in [-0.39, 0.29) is 36.1 Å². The van der Waals surface area contributed by atoms with Crippen LogP contribution in [0, 0.1) is 18.3 Å². The quantitative estimate of drug-likeness (QED) is 0.831. The molecular weight excluding hydrogens is 278 g/mol. The molecule has 118 valence electrons. The number of terminal acetylenes is 1. The Morgan fingerprint density at radius 2 is 2.27 bits per heavy atom. The summed E-state index contributed by atoms with van der Waals surface area (Å²) in [6.07, 6.45) is 7.83. The number of pyridine rings is 1. The molecular formula is C17H23N3O2. The lowest BCUT2D eigenvalue weighted by molar-refractivity contribution is -0.122. The van der Waals surface area contributed by atoms with E-state index < -0.39 is 0 Å². The van der Waals surface area contributed by atoms with Gasteiger partial charge >= 0.3 is 0 Å². The van der Waals surface area contributed by atoms with Crippen LogP contribution in [-0.4, -0.2) is 45.1 Å². The summed E-state index contributed by atoms with van der Waals surface area (Å²) in [5.74, 6) is 3.03. The second kappa shape index (κ2) is 6.47. The molecule has 2 heterocycles. The van der Waals surface area contributed by atoms with Crippen molar-refractivity contribution in [1.29, 1.82) is 0 Å². The molecule has 0 radical (unpaired) electrons. The van der Waals surface area contributed by atoms with Gasteiger partial charge in [0.05, 0.1) is 12.1 Å². The molecule has 1 aromatic rings. The molecule has 1 amide bonds. The van der Waals surface area contributed by atoms with E-state index in [0.29, 0.717) is 12.2 Å². The molecule has 0 unspecified atom stereocenters. The van der Waals surface area contributed by atoms with E-state index in [0.717, 1.165) is 0 Å². The number of rotatable bonds is 3. The first kappa shape index (κ1) is 16.5. The van der Waals surface area contributed by atoms with Gasteiger partial charge < -0.3 is 10.4 Å². The van der Waals surface area contributed by atoms with Gasteiger partial charge in [-0.2, -0.15) is 0 Å². The summed E-state index contributed by atoms with van der Waals surface area (Å²) >= 11 is 0. The third-order valence-corrected chi connectivity index (χ3v) is 4.01. The Bertz CT molecular complexity index is 560. The maximum atomic E-state index is 12.7. The van der Waals surface area contributed by atoms with E-state index in [2.05, 4.69) is 16.2 Å². The summed E-state index contributed by atoms with van der Waals surface area (Å²) in [6.45, 7) is 6.06. The Hall–Kier alpha value is -1.90. The Morgan fingerprint density at radius 1 is 1.55 bits per heavy atom. The van der Waals surface area contributed by atoms with Gasteiger partial charge in [0.1, 0.15) is 5.82 Å². The molecule has 1 saturated heterocycles. The zero-order valence-corrected chi connectivity index (χ0v) is 13.3. The lowest BCUT2D eigenvalue weighted by atomic mass is 9.99. The van der Waals surface area contributed by atoms with Crippen LogP contribution in [0.1, 0.15) is 27.2 Å². The average Bonchev–Trinajstić information content (AvgIpc) is 2.87. The van der Waals surface area contributed by atoms with Crippen LogP contribution < -0.4 is 5.32 Å². The van der Waals surface area contributed by atoms with E-state index in [4.69, 9.17) is 6.42 Å². The Balaban J connectivity index is 2.24. The summed E-state index contributed by atoms with van der Waals surface area (Å²) in [7, 11) is 0. The molecule has 1 aromatic heterocycles. The van der Waals surface area contributed by atoms with Crippen molar-refractivity contribution in [1.82, 2.24) is 9.88 Å². The van der Waals surface area contributed by atoms with Gasteiger partial charge in [0.15, 0.2) is 0 Å². The van der Waals surface area contributed by atoms with Crippen LogP contribution in [0.5, 0.6) is 0 Å². The van der Waals surface area contributed by atoms with Crippen LogP contribution in [0.15, 0.2) is 24.4 Å². The van der Waals surface area contributed by atoms with Crippen molar-refractivity contribution < 1.29 is 9.90 Å². The van der Waals surface area contributed by atoms with Crippen molar-refractivity contribution in [2.24, 2.45) is 5.92 Å². The number of carbonyl (C=O) groups excluding carboxylic acids is 1. The van der Waals surface area contributed by atoms with Gasteiger partial charge in [-0.15, -0.1) is 6.42 Å². The maximum Gasteiger partial charge on any atom is 0.242 e. The number of hydrogen-bond acceptors (Lipinski definition) is 4. The minimum absolute atomic E-state index is 0.0190. The first-order valence-electron chi connectivity index (χ1n) is 7.45. The second-order valence-corrected chi connectivity index (χ2v) is 6.59. The van der Waals surface area contributed by atoms with Crippen molar-refractivity contribution in [2.75, 3.05) is 11.9 Å². The largest absolute Gasteiger partial charge is 0.396 e. The number of hydrogen-bond donors (Lipinski definition) is 2. The average molecular weight is 301 g/mol. The highest BCUT2D eigenvalue weighted by Crippen LogP contribution is 2.36. The molecule has 22 heavy (non-hydrogen) atoms. The number of amides is 1. The monoisotopic (exact) mass is 301 g/mol. The number of carbonyl (C=O) groups is 1. The Morgan fingerprint density at radius 3 is 2.77 bits per heavy atom. The van der Waals surface area contributed by atoms with Crippen LogP contribution in [0.4, 0.5) is 5.82 Å². The highest BCUT2D eigenvalue weighted by Gasteiger charge is 2.47. The number of likely N-dealkylation sites (tertiary alicyclic amines) is 1. The number of anilines is 1. The van der Waals surface area contributed by atoms with Crippen molar-refractivity contribution in [3.05, 3.63) is 24.4 Å². The van der Waals surface area contributed by atoms with Crippen LogP contribution >= 0.6 is 0 Å². The minimum Gasteiger partial charge on any atom is -0.396 e. The molecule has 1 aliphatic rings. The topological polar surface area (TPSA) is 65.5 Å². The molecule has 5 heteroatoms. The lowest BCUT2D eigenvalue weighted by Gasteiger charge is -2.39. The van der Waals surface area contributed by atoms with Crippen molar-refractivity contribution in [2.45, 2.75) is 44.8 Å². The molecule has 0 aromatic carbocycles. The summed E-state index contributed by atoms with van der Waals surface area (Å²) in [5, 5.41) is 12.4. The molecule has 0 spiro atoms. The van der Waals surface area contributed by atoms with Gasteiger partial charge in [-0.1, -0.05) is 12.0 Å². The summed E-state index contributed by atoms with van der Waals surface area (Å²) in [4.78, 5) is 18.8. The van der Waals surface area contributed by atoms with Gasteiger partial charge in [0.25, 0.3) is 0 Å². The first-order chi connectivity index (χ1) is 10.4. The van der Waals surface area contributed by atoms with Gasteiger partial charge in [-0.3, -0.25) is 9.69 Å². The van der Waals surface area contributed by atoms with Crippen molar-refractivity contribution >= 4 is 11.7 Å². The molecule has 3 atom stereocenters. The first-order valence-corrected chi connectivity index (χ1v) is 7.45. The van der Waals surface area contributed by atoms with Gasteiger partial charge in [0.2, 0.25) is 5.91 Å². The molecule has 1 aliphatic heterocycles. The smallest absolute Gasteiger partial charge is 0.242 e. The summed E-state index contributed by atoms with van der Waals surface area (Å²) in [6, 6.07) is 4.74. The molecule has 1 fully saturated rings. The van der Waals surface area contributed by atoms with Gasteiger partial charge in [-0.05, 0) is 39.3 Å². The molecule has 0 aliphatic carbocycles. The number of nitrogens with one attached hydrogen (secondary N) is 1. The fourth-order valence-electron chi connectivity index (χ4n) is 3.11. The van der Waals surface area contributed by atoms with E-state index >= 15 is 0 Å². The standard InChI is InChI=1S/C17H23N3O2/c1-5-13-12(11-21)10-14(20(13)17(2,3)4)16(22)19-15-8-6-7-9-18-15/h1,6-9,12-14,21H,10-11H2,2-4H3,(H,18,19,22)/t12-,13-,14+/m0/s1. The number of aliphatic hydroxyl groups is 1. The van der Waals surface area contributed by atoms with Crippen molar-refractivity contribution in [3.63, 3.8) is 0 Å². The predicted molar refractivity (Wildman–Crippen MR) is 86.1 cm³/mol. The van der Waals surface area contributed by atoms with Crippen LogP contribution in [0.2, 0.25) is 0 Å². The normalized spacial score (nSPS) is 25.7. The van der Waals surface area contributed by atoms with Gasteiger partial charge in [-0.25, -0.2) is 4.98 Å².